The van der Waals surface area contributed by atoms with Gasteiger partial charge in [0.2, 0.25) is 5.91 Å². The Hall–Kier alpha value is -3.56. The van der Waals surface area contributed by atoms with Crippen LogP contribution in [0.3, 0.4) is 0 Å². The first-order chi connectivity index (χ1) is 16.5. The van der Waals surface area contributed by atoms with Gasteiger partial charge in [0.05, 0.1) is 0 Å². The minimum atomic E-state index is -5.02. The van der Waals surface area contributed by atoms with Crippen LogP contribution in [0.4, 0.5) is 18.0 Å². The lowest BCUT2D eigenvalue weighted by Gasteiger charge is -2.22. The highest BCUT2D eigenvalue weighted by atomic mass is 19.4. The second-order valence-corrected chi connectivity index (χ2v) is 8.83. The molecule has 0 aromatic heterocycles. The number of halogens is 3. The Labute approximate surface area is 200 Å². The van der Waals surface area contributed by atoms with E-state index in [-0.39, 0.29) is 24.9 Å². The fourth-order valence-corrected chi connectivity index (χ4v) is 4.15. The number of fused-ring (bicyclic) bond motifs is 3. The maximum absolute atomic E-state index is 12.9. The second kappa shape index (κ2) is 10.8. The lowest BCUT2D eigenvalue weighted by atomic mass is 9.98. The van der Waals surface area contributed by atoms with Crippen LogP contribution in [-0.4, -0.2) is 48.4 Å². The van der Waals surface area contributed by atoms with E-state index in [0.29, 0.717) is 0 Å². The van der Waals surface area contributed by atoms with Gasteiger partial charge < -0.3 is 20.5 Å². The quantitative estimate of drug-likeness (QED) is 0.484. The summed E-state index contributed by atoms with van der Waals surface area (Å²) in [7, 11) is 0. The zero-order chi connectivity index (χ0) is 25.8. The molecule has 2 atom stereocenters. The van der Waals surface area contributed by atoms with Crippen LogP contribution in [-0.2, 0) is 14.3 Å². The lowest BCUT2D eigenvalue weighted by molar-refractivity contribution is -0.192. The molecule has 0 aliphatic heterocycles. The maximum Gasteiger partial charge on any atom is 0.407 e. The van der Waals surface area contributed by atoms with Gasteiger partial charge in [0.15, 0.2) is 5.92 Å². The fraction of sp³-hybridized carbons (Fsp3) is 0.400. The molecular formula is C25H27F3N2O5. The van der Waals surface area contributed by atoms with Crippen molar-refractivity contribution in [3.05, 3.63) is 59.7 Å². The highest BCUT2D eigenvalue weighted by molar-refractivity contribution is 5.86. The van der Waals surface area contributed by atoms with Gasteiger partial charge in [-0.2, -0.15) is 13.2 Å². The summed E-state index contributed by atoms with van der Waals surface area (Å²) in [6.45, 7) is 2.41. The number of carboxylic acid groups (broad SMARTS) is 1. The van der Waals surface area contributed by atoms with E-state index in [1.54, 1.807) is 13.8 Å². The topological polar surface area (TPSA) is 105 Å². The lowest BCUT2D eigenvalue weighted by Crippen LogP contribution is -2.50. The van der Waals surface area contributed by atoms with E-state index in [1.807, 2.05) is 53.8 Å². The summed E-state index contributed by atoms with van der Waals surface area (Å²) >= 11 is 0. The zero-order valence-corrected chi connectivity index (χ0v) is 19.3. The minimum Gasteiger partial charge on any atom is -0.481 e. The Bertz CT molecular complexity index is 1040. The largest absolute Gasteiger partial charge is 0.481 e. The number of hydrogen-bond acceptors (Lipinski definition) is 4. The van der Waals surface area contributed by atoms with Gasteiger partial charge >= 0.3 is 18.2 Å². The van der Waals surface area contributed by atoms with E-state index < -0.39 is 42.7 Å². The van der Waals surface area contributed by atoms with Gasteiger partial charge in [0, 0.05) is 12.5 Å². The third-order valence-corrected chi connectivity index (χ3v) is 5.83. The normalized spacial score (nSPS) is 14.6. The first-order valence-corrected chi connectivity index (χ1v) is 11.2. The predicted molar refractivity (Wildman–Crippen MR) is 122 cm³/mol. The molecule has 1 aliphatic rings. The third-order valence-electron chi connectivity index (χ3n) is 5.83. The van der Waals surface area contributed by atoms with E-state index in [9.17, 15) is 27.6 Å². The number of aliphatic carboxylic acids is 1. The van der Waals surface area contributed by atoms with Gasteiger partial charge in [-0.05, 0) is 34.6 Å². The molecule has 0 fully saturated rings. The van der Waals surface area contributed by atoms with E-state index in [2.05, 4.69) is 5.32 Å². The second-order valence-electron chi connectivity index (χ2n) is 8.83. The molecular weight excluding hydrogens is 465 g/mol. The van der Waals surface area contributed by atoms with Crippen LogP contribution < -0.4 is 10.6 Å². The molecule has 0 saturated heterocycles. The summed E-state index contributed by atoms with van der Waals surface area (Å²) in [5.74, 6) is -6.04. The van der Waals surface area contributed by atoms with Crippen LogP contribution in [0.25, 0.3) is 11.1 Å². The SMILES string of the molecule is CC(C)C[C@H](NC(=O)OCC1c2ccccc2-c2ccccc21)C(=O)NCC(C(=O)O)C(F)(F)F. The van der Waals surface area contributed by atoms with E-state index >= 15 is 0 Å². The number of hydrogen-bond donors (Lipinski definition) is 3. The van der Waals surface area contributed by atoms with Gasteiger partial charge in [-0.3, -0.25) is 9.59 Å². The molecule has 1 aliphatic carbocycles. The average molecular weight is 492 g/mol. The molecule has 0 bridgehead atoms. The molecule has 3 N–H and O–H groups in total. The molecule has 7 nitrogen and oxygen atoms in total. The van der Waals surface area contributed by atoms with Gasteiger partial charge in [-0.15, -0.1) is 0 Å². The molecule has 0 heterocycles. The summed E-state index contributed by atoms with van der Waals surface area (Å²) in [6.07, 6.45) is -5.79. The number of amides is 2. The number of carbonyl (C=O) groups is 3. The molecule has 188 valence electrons. The fourth-order valence-electron chi connectivity index (χ4n) is 4.15. The van der Waals surface area contributed by atoms with Crippen molar-refractivity contribution in [3.8, 4) is 11.1 Å². The molecule has 2 amide bonds. The average Bonchev–Trinajstić information content (AvgIpc) is 3.09. The highest BCUT2D eigenvalue weighted by Crippen LogP contribution is 2.44. The van der Waals surface area contributed by atoms with Crippen LogP contribution in [0.1, 0.15) is 37.3 Å². The maximum atomic E-state index is 12.9. The predicted octanol–water partition coefficient (Wildman–Crippen LogP) is 4.32. The molecule has 3 rings (SSSR count). The Balaban J connectivity index is 1.64. The van der Waals surface area contributed by atoms with E-state index in [0.717, 1.165) is 22.3 Å². The van der Waals surface area contributed by atoms with Gasteiger partial charge in [0.25, 0.3) is 0 Å². The number of carbonyl (C=O) groups excluding carboxylic acids is 2. The standard InChI is InChI=1S/C25H27F3N2O5/c1-14(2)11-21(22(31)29-12-20(23(32)33)25(26,27)28)30-24(34)35-13-19-17-9-5-3-7-15(17)16-8-4-6-10-18(16)19/h3-10,14,19-21H,11-13H2,1-2H3,(H,29,31)(H,30,34)(H,32,33)/t20?,21-/m0/s1. The Morgan fingerprint density at radius 3 is 2.03 bits per heavy atom. The van der Waals surface area contributed by atoms with Gasteiger partial charge in [-0.1, -0.05) is 62.4 Å². The van der Waals surface area contributed by atoms with Crippen molar-refractivity contribution >= 4 is 18.0 Å². The van der Waals surface area contributed by atoms with Gasteiger partial charge in [-0.25, -0.2) is 4.79 Å². The van der Waals surface area contributed by atoms with Crippen molar-refractivity contribution < 1.29 is 37.4 Å². The Morgan fingerprint density at radius 2 is 1.54 bits per heavy atom. The Kier molecular flexibility index (Phi) is 8.03. The first kappa shape index (κ1) is 26.1. The van der Waals surface area contributed by atoms with Crippen LogP contribution in [0.15, 0.2) is 48.5 Å². The minimum absolute atomic E-state index is 0.00500. The molecule has 0 radical (unpaired) electrons. The van der Waals surface area contributed by atoms with Crippen molar-refractivity contribution in [1.29, 1.82) is 0 Å². The summed E-state index contributed by atoms with van der Waals surface area (Å²) in [4.78, 5) is 36.0. The zero-order valence-electron chi connectivity index (χ0n) is 19.3. The van der Waals surface area contributed by atoms with E-state index in [1.165, 1.54) is 0 Å². The highest BCUT2D eigenvalue weighted by Gasteiger charge is 2.45. The number of alkyl carbamates (subject to hydrolysis) is 1. The summed E-state index contributed by atoms with van der Waals surface area (Å²) in [5, 5.41) is 13.2. The van der Waals surface area contributed by atoms with Crippen molar-refractivity contribution in [3.63, 3.8) is 0 Å². The van der Waals surface area contributed by atoms with Crippen molar-refractivity contribution in [2.75, 3.05) is 13.2 Å². The van der Waals surface area contributed by atoms with Gasteiger partial charge in [0.1, 0.15) is 12.6 Å². The van der Waals surface area contributed by atoms with Crippen molar-refractivity contribution in [1.82, 2.24) is 10.6 Å². The molecule has 2 aromatic carbocycles. The summed E-state index contributed by atoms with van der Waals surface area (Å²) in [5.41, 5.74) is 4.10. The number of rotatable bonds is 9. The van der Waals surface area contributed by atoms with Crippen molar-refractivity contribution in [2.45, 2.75) is 38.4 Å². The Morgan fingerprint density at radius 1 is 1.00 bits per heavy atom. The van der Waals surface area contributed by atoms with Crippen LogP contribution in [0.2, 0.25) is 0 Å². The smallest absolute Gasteiger partial charge is 0.407 e. The van der Waals surface area contributed by atoms with Crippen LogP contribution in [0.5, 0.6) is 0 Å². The third kappa shape index (κ3) is 6.32. The molecule has 10 heteroatoms. The molecule has 35 heavy (non-hydrogen) atoms. The van der Waals surface area contributed by atoms with E-state index in [4.69, 9.17) is 9.84 Å². The first-order valence-electron chi connectivity index (χ1n) is 11.2. The molecule has 0 saturated carbocycles. The van der Waals surface area contributed by atoms with Crippen LogP contribution in [0, 0.1) is 11.8 Å². The summed E-state index contributed by atoms with van der Waals surface area (Å²) < 4.78 is 44.1. The number of benzene rings is 2. The number of carboxylic acids is 1. The molecule has 1 unspecified atom stereocenters. The molecule has 2 aromatic rings. The van der Waals surface area contributed by atoms with Crippen LogP contribution >= 0.6 is 0 Å². The summed E-state index contributed by atoms with van der Waals surface area (Å²) in [6, 6.07) is 14.3. The number of nitrogens with one attached hydrogen (secondary N) is 2. The monoisotopic (exact) mass is 492 g/mol. The van der Waals surface area contributed by atoms with Crippen molar-refractivity contribution in [2.24, 2.45) is 11.8 Å². The number of ether oxygens (including phenoxy) is 1. The molecule has 0 spiro atoms. The number of alkyl halides is 3.